The van der Waals surface area contributed by atoms with Crippen LogP contribution < -0.4 is 5.32 Å². The zero-order valence-electron chi connectivity index (χ0n) is 9.06. The van der Waals surface area contributed by atoms with Crippen LogP contribution in [0.1, 0.15) is 11.3 Å². The lowest BCUT2D eigenvalue weighted by Gasteiger charge is -2.25. The molecule has 1 aromatic heterocycles. The van der Waals surface area contributed by atoms with Gasteiger partial charge >= 0.3 is 0 Å². The number of nitrogens with zero attached hydrogens (tertiary/aromatic N) is 2. The van der Waals surface area contributed by atoms with Crippen LogP contribution in [0.5, 0.6) is 0 Å². The molecule has 2 rings (SSSR count). The van der Waals surface area contributed by atoms with E-state index in [9.17, 15) is 9.59 Å². The number of nitrogens with one attached hydrogen (secondary N) is 1. The van der Waals surface area contributed by atoms with Gasteiger partial charge in [-0.2, -0.15) is 0 Å². The molecule has 1 saturated heterocycles. The van der Waals surface area contributed by atoms with Crippen LogP contribution in [0.15, 0.2) is 18.3 Å². The Balaban J connectivity index is 2.17. The van der Waals surface area contributed by atoms with E-state index >= 15 is 0 Å². The van der Waals surface area contributed by atoms with Crippen molar-refractivity contribution in [2.45, 2.75) is 13.5 Å². The van der Waals surface area contributed by atoms with Gasteiger partial charge in [-0.1, -0.05) is 6.07 Å². The Labute approximate surface area is 93.5 Å². The van der Waals surface area contributed by atoms with E-state index in [4.69, 9.17) is 0 Å². The Morgan fingerprint density at radius 2 is 2.06 bits per heavy atom. The van der Waals surface area contributed by atoms with Gasteiger partial charge in [0.2, 0.25) is 11.8 Å². The zero-order chi connectivity index (χ0) is 11.5. The summed E-state index contributed by atoms with van der Waals surface area (Å²) in [7, 11) is 0. The first-order chi connectivity index (χ1) is 7.68. The molecule has 0 spiro atoms. The lowest BCUT2D eigenvalue weighted by molar-refractivity contribution is -0.147. The van der Waals surface area contributed by atoms with Crippen molar-refractivity contribution in [3.63, 3.8) is 0 Å². The van der Waals surface area contributed by atoms with E-state index in [1.54, 1.807) is 6.20 Å². The van der Waals surface area contributed by atoms with Crippen LogP contribution in [-0.2, 0) is 16.1 Å². The van der Waals surface area contributed by atoms with Crippen LogP contribution in [0, 0.1) is 6.92 Å². The minimum Gasteiger partial charge on any atom is -0.300 e. The number of rotatable bonds is 2. The number of hydrogen-bond donors (Lipinski definition) is 1. The van der Waals surface area contributed by atoms with Crippen LogP contribution in [0.2, 0.25) is 0 Å². The Morgan fingerprint density at radius 3 is 2.69 bits per heavy atom. The fourth-order valence-corrected chi connectivity index (χ4v) is 1.62. The predicted octanol–water partition coefficient (Wildman–Crippen LogP) is -0.152. The summed E-state index contributed by atoms with van der Waals surface area (Å²) in [4.78, 5) is 28.5. The van der Waals surface area contributed by atoms with E-state index in [2.05, 4.69) is 10.3 Å². The van der Waals surface area contributed by atoms with Crippen molar-refractivity contribution >= 4 is 11.8 Å². The third-order valence-electron chi connectivity index (χ3n) is 2.58. The fourth-order valence-electron chi connectivity index (χ4n) is 1.62. The van der Waals surface area contributed by atoms with Gasteiger partial charge in [-0.25, -0.2) is 0 Å². The van der Waals surface area contributed by atoms with Crippen LogP contribution in [0.25, 0.3) is 0 Å². The zero-order valence-corrected chi connectivity index (χ0v) is 9.06. The van der Waals surface area contributed by atoms with Gasteiger partial charge in [0.15, 0.2) is 0 Å². The molecular weight excluding hydrogens is 206 g/mol. The number of pyridine rings is 1. The lowest BCUT2D eigenvalue weighted by atomic mass is 10.2. The van der Waals surface area contributed by atoms with Crippen molar-refractivity contribution in [3.05, 3.63) is 29.6 Å². The van der Waals surface area contributed by atoms with Crippen LogP contribution in [0.4, 0.5) is 0 Å². The molecular formula is C11H13N3O2. The average molecular weight is 219 g/mol. The Hall–Kier alpha value is -1.75. The molecule has 16 heavy (non-hydrogen) atoms. The fraction of sp³-hybridized carbons (Fsp3) is 0.364. The molecule has 1 fully saturated rings. The van der Waals surface area contributed by atoms with E-state index in [1.807, 2.05) is 19.1 Å². The van der Waals surface area contributed by atoms with Gasteiger partial charge in [0.1, 0.15) is 0 Å². The summed E-state index contributed by atoms with van der Waals surface area (Å²) < 4.78 is 0. The average Bonchev–Trinajstić information content (AvgIpc) is 2.26. The van der Waals surface area contributed by atoms with Gasteiger partial charge in [0, 0.05) is 6.20 Å². The smallest absolute Gasteiger partial charge is 0.243 e. The number of carbonyl (C=O) groups is 2. The highest BCUT2D eigenvalue weighted by molar-refractivity contribution is 5.99. The summed E-state index contributed by atoms with van der Waals surface area (Å²) in [5.74, 6) is -0.386. The minimum absolute atomic E-state index is 0.193. The highest BCUT2D eigenvalue weighted by Crippen LogP contribution is 2.09. The maximum Gasteiger partial charge on any atom is 0.243 e. The van der Waals surface area contributed by atoms with E-state index in [0.717, 1.165) is 11.3 Å². The van der Waals surface area contributed by atoms with Crippen molar-refractivity contribution in [2.24, 2.45) is 0 Å². The van der Waals surface area contributed by atoms with Gasteiger partial charge < -0.3 is 0 Å². The molecule has 0 unspecified atom stereocenters. The molecule has 1 N–H and O–H groups in total. The van der Waals surface area contributed by atoms with E-state index in [-0.39, 0.29) is 31.4 Å². The van der Waals surface area contributed by atoms with E-state index in [0.29, 0.717) is 0 Å². The number of carbonyl (C=O) groups excluding carboxylic acids is 2. The Morgan fingerprint density at radius 1 is 1.38 bits per heavy atom. The second kappa shape index (κ2) is 4.40. The molecule has 5 heteroatoms. The molecule has 0 aliphatic carbocycles. The summed E-state index contributed by atoms with van der Waals surface area (Å²) in [6.45, 7) is 2.63. The summed E-state index contributed by atoms with van der Waals surface area (Å²) in [5, 5.41) is 2.75. The number of piperazine rings is 1. The molecule has 2 amide bonds. The second-order valence-electron chi connectivity index (χ2n) is 3.74. The van der Waals surface area contributed by atoms with Crippen molar-refractivity contribution in [1.82, 2.24) is 15.2 Å². The maximum absolute atomic E-state index is 11.5. The van der Waals surface area contributed by atoms with Crippen molar-refractivity contribution in [2.75, 3.05) is 13.1 Å². The third-order valence-corrected chi connectivity index (χ3v) is 2.58. The molecule has 0 saturated carbocycles. The molecule has 2 heterocycles. The van der Waals surface area contributed by atoms with Gasteiger partial charge in [0.25, 0.3) is 0 Å². The molecule has 1 aliphatic heterocycles. The molecule has 0 atom stereocenters. The first kappa shape index (κ1) is 10.8. The first-order valence-electron chi connectivity index (χ1n) is 5.13. The monoisotopic (exact) mass is 219 g/mol. The molecule has 1 aliphatic rings. The summed E-state index contributed by atoms with van der Waals surface area (Å²) >= 11 is 0. The highest BCUT2D eigenvalue weighted by atomic mass is 16.2. The SMILES string of the molecule is Cc1cccnc1CN1C(=O)CNCC1=O. The van der Waals surface area contributed by atoms with E-state index < -0.39 is 0 Å². The summed E-state index contributed by atoms with van der Waals surface area (Å²) in [6.07, 6.45) is 1.67. The largest absolute Gasteiger partial charge is 0.300 e. The molecule has 5 nitrogen and oxygen atoms in total. The molecule has 0 aromatic carbocycles. The topological polar surface area (TPSA) is 62.3 Å². The number of aryl methyl sites for hydroxylation is 1. The lowest BCUT2D eigenvalue weighted by Crippen LogP contribution is -2.51. The maximum atomic E-state index is 11.5. The van der Waals surface area contributed by atoms with Crippen molar-refractivity contribution in [1.29, 1.82) is 0 Å². The highest BCUT2D eigenvalue weighted by Gasteiger charge is 2.26. The quantitative estimate of drug-likeness (QED) is 0.703. The number of amides is 2. The molecule has 0 bridgehead atoms. The van der Waals surface area contributed by atoms with Crippen LogP contribution >= 0.6 is 0 Å². The number of aromatic nitrogens is 1. The van der Waals surface area contributed by atoms with Crippen molar-refractivity contribution < 1.29 is 9.59 Å². The molecule has 1 aromatic rings. The van der Waals surface area contributed by atoms with Gasteiger partial charge in [-0.15, -0.1) is 0 Å². The van der Waals surface area contributed by atoms with Gasteiger partial charge in [-0.05, 0) is 18.6 Å². The summed E-state index contributed by atoms with van der Waals surface area (Å²) in [5.41, 5.74) is 1.76. The molecule has 84 valence electrons. The Kier molecular flexibility index (Phi) is 2.96. The second-order valence-corrected chi connectivity index (χ2v) is 3.74. The van der Waals surface area contributed by atoms with E-state index in [1.165, 1.54) is 4.90 Å². The van der Waals surface area contributed by atoms with Crippen LogP contribution in [0.3, 0.4) is 0 Å². The standard InChI is InChI=1S/C11H13N3O2/c1-8-3-2-4-13-9(8)7-14-10(15)5-12-6-11(14)16/h2-4,12H,5-7H2,1H3. The normalized spacial score (nSPS) is 16.7. The first-order valence-corrected chi connectivity index (χ1v) is 5.13. The summed E-state index contributed by atoms with van der Waals surface area (Å²) in [6, 6.07) is 3.75. The molecule has 0 radical (unpaired) electrons. The number of hydrogen-bond acceptors (Lipinski definition) is 4. The third kappa shape index (κ3) is 2.09. The Bertz CT molecular complexity index is 415. The number of imide groups is 1. The van der Waals surface area contributed by atoms with Crippen LogP contribution in [-0.4, -0.2) is 34.8 Å². The predicted molar refractivity (Wildman–Crippen MR) is 57.4 cm³/mol. The van der Waals surface area contributed by atoms with Gasteiger partial charge in [0.05, 0.1) is 25.3 Å². The van der Waals surface area contributed by atoms with Crippen molar-refractivity contribution in [3.8, 4) is 0 Å². The minimum atomic E-state index is -0.193. The van der Waals surface area contributed by atoms with Gasteiger partial charge in [-0.3, -0.25) is 24.8 Å².